The maximum Gasteiger partial charge on any atom is 0.321 e. The van der Waals surface area contributed by atoms with E-state index in [1.54, 1.807) is 23.2 Å². The van der Waals surface area contributed by atoms with Crippen molar-refractivity contribution < 1.29 is 9.53 Å². The number of halogens is 1. The Balaban J connectivity index is 1.34. The zero-order valence-corrected chi connectivity index (χ0v) is 16.3. The van der Waals surface area contributed by atoms with Gasteiger partial charge in [0.25, 0.3) is 0 Å². The number of urea groups is 1. The van der Waals surface area contributed by atoms with Crippen LogP contribution >= 0.6 is 11.6 Å². The van der Waals surface area contributed by atoms with Crippen molar-refractivity contribution in [3.8, 4) is 0 Å². The third-order valence-corrected chi connectivity index (χ3v) is 5.21. The second-order valence-corrected chi connectivity index (χ2v) is 7.22. The summed E-state index contributed by atoms with van der Waals surface area (Å²) in [4.78, 5) is 18.7. The van der Waals surface area contributed by atoms with Crippen LogP contribution in [0.15, 0.2) is 36.5 Å². The fourth-order valence-electron chi connectivity index (χ4n) is 3.40. The number of rotatable bonds is 3. The number of ether oxygens (including phenoxy) is 1. The SMILES string of the molecule is O=C(Nc1cccc(Cl)c1)N1CCN(c2cc(N3CCOCC3)cnn2)CC1. The van der Waals surface area contributed by atoms with Gasteiger partial charge in [-0.1, -0.05) is 17.7 Å². The molecule has 0 atom stereocenters. The van der Waals surface area contributed by atoms with Gasteiger partial charge in [0.15, 0.2) is 5.82 Å². The molecule has 2 aromatic rings. The van der Waals surface area contributed by atoms with Crippen LogP contribution in [0.5, 0.6) is 0 Å². The summed E-state index contributed by atoms with van der Waals surface area (Å²) >= 11 is 5.98. The van der Waals surface area contributed by atoms with Crippen LogP contribution < -0.4 is 15.1 Å². The number of benzene rings is 1. The molecule has 1 aromatic carbocycles. The molecule has 0 spiro atoms. The van der Waals surface area contributed by atoms with Gasteiger partial charge in [-0.3, -0.25) is 0 Å². The smallest absolute Gasteiger partial charge is 0.321 e. The third-order valence-electron chi connectivity index (χ3n) is 4.97. The summed E-state index contributed by atoms with van der Waals surface area (Å²) < 4.78 is 5.41. The van der Waals surface area contributed by atoms with Crippen molar-refractivity contribution in [2.45, 2.75) is 0 Å². The Labute approximate surface area is 169 Å². The lowest BCUT2D eigenvalue weighted by Gasteiger charge is -2.35. The van der Waals surface area contributed by atoms with E-state index in [0.717, 1.165) is 37.8 Å². The minimum Gasteiger partial charge on any atom is -0.378 e. The minimum atomic E-state index is -0.116. The van der Waals surface area contributed by atoms with Crippen LogP contribution in [0.4, 0.5) is 22.0 Å². The van der Waals surface area contributed by atoms with E-state index in [1.165, 1.54) is 0 Å². The molecule has 2 aliphatic rings. The van der Waals surface area contributed by atoms with Gasteiger partial charge in [-0.25, -0.2) is 4.79 Å². The molecule has 2 amide bonds. The number of nitrogens with one attached hydrogen (secondary N) is 1. The van der Waals surface area contributed by atoms with E-state index in [0.29, 0.717) is 36.9 Å². The fourth-order valence-corrected chi connectivity index (χ4v) is 3.59. The molecule has 3 heterocycles. The van der Waals surface area contributed by atoms with Gasteiger partial charge in [-0.05, 0) is 18.2 Å². The Bertz CT molecular complexity index is 822. The van der Waals surface area contributed by atoms with E-state index in [-0.39, 0.29) is 6.03 Å². The van der Waals surface area contributed by atoms with E-state index in [1.807, 2.05) is 12.1 Å². The Hall–Kier alpha value is -2.58. The summed E-state index contributed by atoms with van der Waals surface area (Å²) in [5, 5.41) is 12.0. The van der Waals surface area contributed by atoms with E-state index < -0.39 is 0 Å². The van der Waals surface area contributed by atoms with Crippen molar-refractivity contribution in [2.75, 3.05) is 67.6 Å². The normalized spacial score (nSPS) is 17.5. The highest BCUT2D eigenvalue weighted by atomic mass is 35.5. The van der Waals surface area contributed by atoms with Crippen LogP contribution in [0.2, 0.25) is 5.02 Å². The molecule has 0 bridgehead atoms. The maximum atomic E-state index is 12.5. The summed E-state index contributed by atoms with van der Waals surface area (Å²) in [7, 11) is 0. The number of piperazine rings is 1. The van der Waals surface area contributed by atoms with E-state index in [2.05, 4.69) is 31.4 Å². The first-order valence-electron chi connectivity index (χ1n) is 9.41. The molecule has 28 heavy (non-hydrogen) atoms. The summed E-state index contributed by atoms with van der Waals surface area (Å²) in [5.74, 6) is 0.846. The van der Waals surface area contributed by atoms with E-state index in [4.69, 9.17) is 16.3 Å². The van der Waals surface area contributed by atoms with Crippen LogP contribution in [0.3, 0.4) is 0 Å². The van der Waals surface area contributed by atoms with Gasteiger partial charge < -0.3 is 24.8 Å². The van der Waals surface area contributed by atoms with Crippen molar-refractivity contribution in [1.82, 2.24) is 15.1 Å². The number of hydrogen-bond donors (Lipinski definition) is 1. The topological polar surface area (TPSA) is 73.8 Å². The minimum absolute atomic E-state index is 0.116. The van der Waals surface area contributed by atoms with Gasteiger partial charge in [-0.2, -0.15) is 5.10 Å². The van der Waals surface area contributed by atoms with Crippen molar-refractivity contribution in [3.63, 3.8) is 0 Å². The molecule has 148 valence electrons. The van der Waals surface area contributed by atoms with Gasteiger partial charge in [0.05, 0.1) is 25.1 Å². The molecular formula is C19H23ClN6O2. The lowest BCUT2D eigenvalue weighted by atomic mass is 10.3. The van der Waals surface area contributed by atoms with E-state index >= 15 is 0 Å². The Morgan fingerprint density at radius 3 is 2.57 bits per heavy atom. The lowest BCUT2D eigenvalue weighted by molar-refractivity contribution is 0.122. The summed E-state index contributed by atoms with van der Waals surface area (Å²) in [6.45, 7) is 5.86. The average Bonchev–Trinajstić information content (AvgIpc) is 2.75. The molecule has 0 saturated carbocycles. The molecule has 4 rings (SSSR count). The van der Waals surface area contributed by atoms with E-state index in [9.17, 15) is 4.79 Å². The van der Waals surface area contributed by atoms with Crippen molar-refractivity contribution >= 4 is 34.8 Å². The summed E-state index contributed by atoms with van der Waals surface area (Å²) in [6, 6.07) is 9.11. The van der Waals surface area contributed by atoms with Crippen molar-refractivity contribution in [2.24, 2.45) is 0 Å². The standard InChI is InChI=1S/C19H23ClN6O2/c20-15-2-1-3-16(12-15)22-19(27)26-6-4-25(5-7-26)18-13-17(14-21-23-18)24-8-10-28-11-9-24/h1-3,12-14H,4-11H2,(H,22,27). The van der Waals surface area contributed by atoms with Crippen molar-refractivity contribution in [1.29, 1.82) is 0 Å². The number of hydrogen-bond acceptors (Lipinski definition) is 6. The summed E-state index contributed by atoms with van der Waals surface area (Å²) in [5.41, 5.74) is 1.76. The second kappa shape index (κ2) is 8.62. The van der Waals surface area contributed by atoms with Crippen molar-refractivity contribution in [3.05, 3.63) is 41.6 Å². The number of carbonyl (C=O) groups is 1. The zero-order valence-electron chi connectivity index (χ0n) is 15.6. The highest BCUT2D eigenvalue weighted by Gasteiger charge is 2.23. The quantitative estimate of drug-likeness (QED) is 0.849. The molecule has 2 fully saturated rings. The van der Waals surface area contributed by atoms with Gasteiger partial charge in [0.1, 0.15) is 0 Å². The Kier molecular flexibility index (Phi) is 5.78. The molecule has 2 saturated heterocycles. The number of morpholine rings is 1. The number of amides is 2. The monoisotopic (exact) mass is 402 g/mol. The molecule has 0 aliphatic carbocycles. The van der Waals surface area contributed by atoms with Gasteiger partial charge in [0.2, 0.25) is 0 Å². The van der Waals surface area contributed by atoms with Crippen LogP contribution in [0, 0.1) is 0 Å². The highest BCUT2D eigenvalue weighted by molar-refractivity contribution is 6.30. The predicted octanol–water partition coefficient (Wildman–Crippen LogP) is 2.32. The molecule has 0 unspecified atom stereocenters. The number of anilines is 3. The second-order valence-electron chi connectivity index (χ2n) is 6.79. The number of carbonyl (C=O) groups excluding carboxylic acids is 1. The molecule has 8 nitrogen and oxygen atoms in total. The lowest BCUT2D eigenvalue weighted by Crippen LogP contribution is -2.50. The average molecular weight is 403 g/mol. The third kappa shape index (κ3) is 4.45. The van der Waals surface area contributed by atoms with Gasteiger partial charge in [-0.15, -0.1) is 5.10 Å². The predicted molar refractivity (Wildman–Crippen MR) is 109 cm³/mol. The molecule has 1 N–H and O–H groups in total. The summed E-state index contributed by atoms with van der Waals surface area (Å²) in [6.07, 6.45) is 1.80. The first kappa shape index (κ1) is 18.8. The molecule has 0 radical (unpaired) electrons. The van der Waals surface area contributed by atoms with Crippen LogP contribution in [-0.2, 0) is 4.74 Å². The fraction of sp³-hybridized carbons (Fsp3) is 0.421. The molecular weight excluding hydrogens is 380 g/mol. The first-order valence-corrected chi connectivity index (χ1v) is 9.79. The maximum absolute atomic E-state index is 12.5. The van der Waals surface area contributed by atoms with Crippen LogP contribution in [-0.4, -0.2) is 73.6 Å². The molecule has 2 aliphatic heterocycles. The van der Waals surface area contributed by atoms with Crippen LogP contribution in [0.25, 0.3) is 0 Å². The first-order chi connectivity index (χ1) is 13.7. The van der Waals surface area contributed by atoms with Crippen LogP contribution in [0.1, 0.15) is 0 Å². The zero-order chi connectivity index (χ0) is 19.3. The number of aromatic nitrogens is 2. The highest BCUT2D eigenvalue weighted by Crippen LogP contribution is 2.21. The Morgan fingerprint density at radius 2 is 1.82 bits per heavy atom. The Morgan fingerprint density at radius 1 is 1.04 bits per heavy atom. The largest absolute Gasteiger partial charge is 0.378 e. The number of nitrogens with zero attached hydrogens (tertiary/aromatic N) is 5. The van der Waals surface area contributed by atoms with Gasteiger partial charge >= 0.3 is 6.03 Å². The molecule has 9 heteroatoms. The van der Waals surface area contributed by atoms with Gasteiger partial charge in [0, 0.05) is 56.0 Å². The molecule has 1 aromatic heterocycles.